The van der Waals surface area contributed by atoms with Gasteiger partial charge in [-0.2, -0.15) is 0 Å². The summed E-state index contributed by atoms with van der Waals surface area (Å²) in [5.74, 6) is 0. The Hall–Kier alpha value is -0.810. The summed E-state index contributed by atoms with van der Waals surface area (Å²) < 4.78 is 1.81. The van der Waals surface area contributed by atoms with Crippen LogP contribution in [0.25, 0.3) is 21.7 Å². The summed E-state index contributed by atoms with van der Waals surface area (Å²) in [4.78, 5) is 5.65. The average Bonchev–Trinajstić information content (AvgIpc) is 2.82. The van der Waals surface area contributed by atoms with Gasteiger partial charge < -0.3 is 0 Å². The molecule has 0 atom stereocenters. The maximum absolute atomic E-state index is 5.95. The number of thiazole rings is 1. The van der Waals surface area contributed by atoms with Crippen molar-refractivity contribution in [1.29, 1.82) is 0 Å². The summed E-state index contributed by atoms with van der Waals surface area (Å²) in [7, 11) is 0. The van der Waals surface area contributed by atoms with E-state index in [4.69, 9.17) is 11.6 Å². The van der Waals surface area contributed by atoms with Gasteiger partial charge >= 0.3 is 0 Å². The highest BCUT2D eigenvalue weighted by Gasteiger charge is 2.13. The Bertz CT molecular complexity index is 673. The zero-order valence-electron chi connectivity index (χ0n) is 10.2. The number of aromatic nitrogens is 1. The Morgan fingerprint density at radius 1 is 0.950 bits per heavy atom. The fourth-order valence-electron chi connectivity index (χ4n) is 1.91. The first kappa shape index (κ1) is 14.1. The summed E-state index contributed by atoms with van der Waals surface area (Å²) >= 11 is 15.4. The lowest BCUT2D eigenvalue weighted by molar-refractivity contribution is 1.26. The van der Waals surface area contributed by atoms with Gasteiger partial charge in [0.15, 0.2) is 0 Å². The summed E-state index contributed by atoms with van der Waals surface area (Å²) in [6, 6.07) is 15.9. The van der Waals surface area contributed by atoms with Gasteiger partial charge in [-0.15, -0.1) is 24.0 Å². The molecule has 3 rings (SSSR count). The molecule has 1 nitrogen and oxygen atoms in total. The van der Waals surface area contributed by atoms with E-state index in [2.05, 4.69) is 33.5 Å². The molecule has 0 bridgehead atoms. The van der Waals surface area contributed by atoms with Crippen LogP contribution in [0.4, 0.5) is 0 Å². The van der Waals surface area contributed by atoms with Crippen LogP contribution < -0.4 is 0 Å². The number of hydrogen-bond donors (Lipinski definition) is 1. The van der Waals surface area contributed by atoms with Crippen molar-refractivity contribution in [2.75, 3.05) is 0 Å². The maximum atomic E-state index is 5.95. The van der Waals surface area contributed by atoms with Crippen LogP contribution >= 0.6 is 51.5 Å². The van der Waals surface area contributed by atoms with E-state index in [0.29, 0.717) is 0 Å². The molecule has 100 valence electrons. The van der Waals surface area contributed by atoms with Crippen molar-refractivity contribution < 1.29 is 0 Å². The Kier molecular flexibility index (Phi) is 4.17. The van der Waals surface area contributed by atoms with E-state index in [-0.39, 0.29) is 0 Å². The molecule has 0 saturated heterocycles. The second kappa shape index (κ2) is 5.90. The Morgan fingerprint density at radius 3 is 2.20 bits per heavy atom. The number of benzene rings is 2. The zero-order chi connectivity index (χ0) is 14.1. The lowest BCUT2D eigenvalue weighted by atomic mass is 10.1. The minimum Gasteiger partial charge on any atom is -0.229 e. The Balaban J connectivity index is 2.12. The fraction of sp³-hybridized carbons (Fsp3) is 0. The third-order valence-electron chi connectivity index (χ3n) is 2.84. The molecular formula is C15H9BrClNS2. The van der Waals surface area contributed by atoms with Crippen molar-refractivity contribution in [2.24, 2.45) is 0 Å². The highest BCUT2D eigenvalue weighted by Crippen LogP contribution is 2.38. The van der Waals surface area contributed by atoms with E-state index in [0.717, 1.165) is 35.5 Å². The molecular weight excluding hydrogens is 374 g/mol. The molecule has 0 N–H and O–H groups in total. The topological polar surface area (TPSA) is 12.9 Å². The number of rotatable bonds is 2. The first-order valence-corrected chi connectivity index (χ1v) is 8.28. The molecule has 0 spiro atoms. The highest BCUT2D eigenvalue weighted by molar-refractivity contribution is 9.10. The fourth-order valence-corrected chi connectivity index (χ4v) is 3.51. The van der Waals surface area contributed by atoms with E-state index in [1.165, 1.54) is 0 Å². The predicted molar refractivity (Wildman–Crippen MR) is 92.9 cm³/mol. The van der Waals surface area contributed by atoms with Crippen LogP contribution in [0.2, 0.25) is 5.02 Å². The highest BCUT2D eigenvalue weighted by atomic mass is 79.9. The second-order valence-corrected chi connectivity index (χ2v) is 7.27. The van der Waals surface area contributed by atoms with Crippen molar-refractivity contribution in [2.45, 2.75) is 4.34 Å². The van der Waals surface area contributed by atoms with E-state index in [9.17, 15) is 0 Å². The predicted octanol–water partition coefficient (Wildman–Crippen LogP) is 6.18. The van der Waals surface area contributed by atoms with E-state index in [1.54, 1.807) is 11.3 Å². The monoisotopic (exact) mass is 381 g/mol. The molecule has 1 aromatic heterocycles. The Labute approximate surface area is 140 Å². The summed E-state index contributed by atoms with van der Waals surface area (Å²) in [6.45, 7) is 0. The zero-order valence-corrected chi connectivity index (χ0v) is 14.2. The van der Waals surface area contributed by atoms with Gasteiger partial charge in [-0.05, 0) is 29.8 Å². The number of hydrogen-bond acceptors (Lipinski definition) is 3. The van der Waals surface area contributed by atoms with Crippen molar-refractivity contribution >= 4 is 51.5 Å². The second-order valence-electron chi connectivity index (χ2n) is 4.19. The molecule has 0 radical (unpaired) electrons. The molecule has 0 saturated carbocycles. The van der Waals surface area contributed by atoms with Gasteiger partial charge in [0, 0.05) is 15.1 Å². The van der Waals surface area contributed by atoms with Crippen LogP contribution in [0.1, 0.15) is 0 Å². The van der Waals surface area contributed by atoms with Gasteiger partial charge in [0.1, 0.15) is 4.34 Å². The SMILES string of the molecule is Sc1nc(-c2ccc(Br)cc2)c(-c2ccc(Cl)cc2)s1. The quantitative estimate of drug-likeness (QED) is 0.522. The molecule has 0 aliphatic heterocycles. The standard InChI is InChI=1S/C15H9BrClNS2/c16-11-5-1-9(2-6-11)13-14(20-15(19)18-13)10-3-7-12(17)8-4-10/h1-8H,(H,18,19). The summed E-state index contributed by atoms with van der Waals surface area (Å²) in [6.07, 6.45) is 0. The van der Waals surface area contributed by atoms with E-state index in [1.807, 2.05) is 48.5 Å². The number of nitrogens with zero attached hydrogens (tertiary/aromatic N) is 1. The molecule has 0 unspecified atom stereocenters. The lowest BCUT2D eigenvalue weighted by Gasteiger charge is -2.03. The smallest absolute Gasteiger partial charge is 0.148 e. The normalized spacial score (nSPS) is 10.8. The van der Waals surface area contributed by atoms with Gasteiger partial charge in [-0.3, -0.25) is 0 Å². The largest absolute Gasteiger partial charge is 0.229 e. The van der Waals surface area contributed by atoms with Gasteiger partial charge in [0.25, 0.3) is 0 Å². The van der Waals surface area contributed by atoms with Crippen LogP contribution in [-0.4, -0.2) is 4.98 Å². The molecule has 0 aliphatic rings. The molecule has 0 fully saturated rings. The number of thiol groups is 1. The summed E-state index contributed by atoms with van der Waals surface area (Å²) in [5, 5.41) is 0.731. The van der Waals surface area contributed by atoms with E-state index < -0.39 is 0 Å². The molecule has 3 aromatic rings. The third-order valence-corrected chi connectivity index (χ3v) is 4.90. The molecule has 5 heteroatoms. The Morgan fingerprint density at radius 2 is 1.55 bits per heavy atom. The van der Waals surface area contributed by atoms with Crippen LogP contribution in [0.5, 0.6) is 0 Å². The van der Waals surface area contributed by atoms with Gasteiger partial charge in [0.05, 0.1) is 10.6 Å². The van der Waals surface area contributed by atoms with Crippen LogP contribution in [0, 0.1) is 0 Å². The molecule has 0 aliphatic carbocycles. The van der Waals surface area contributed by atoms with Crippen molar-refractivity contribution in [3.05, 3.63) is 58.0 Å². The average molecular weight is 383 g/mol. The third kappa shape index (κ3) is 2.93. The first-order valence-electron chi connectivity index (χ1n) is 5.85. The van der Waals surface area contributed by atoms with Gasteiger partial charge in [-0.25, -0.2) is 4.98 Å². The van der Waals surface area contributed by atoms with Crippen LogP contribution in [0.15, 0.2) is 57.3 Å². The van der Waals surface area contributed by atoms with Crippen molar-refractivity contribution in [3.8, 4) is 21.7 Å². The summed E-state index contributed by atoms with van der Waals surface area (Å²) in [5.41, 5.74) is 3.13. The van der Waals surface area contributed by atoms with Crippen molar-refractivity contribution in [3.63, 3.8) is 0 Å². The van der Waals surface area contributed by atoms with Gasteiger partial charge in [0.2, 0.25) is 0 Å². The van der Waals surface area contributed by atoms with Crippen molar-refractivity contribution in [1.82, 2.24) is 4.98 Å². The maximum Gasteiger partial charge on any atom is 0.148 e. The van der Waals surface area contributed by atoms with E-state index >= 15 is 0 Å². The first-order chi connectivity index (χ1) is 9.63. The minimum absolute atomic E-state index is 0.731. The molecule has 1 heterocycles. The van der Waals surface area contributed by atoms with Crippen LogP contribution in [-0.2, 0) is 0 Å². The molecule has 20 heavy (non-hydrogen) atoms. The van der Waals surface area contributed by atoms with Gasteiger partial charge in [-0.1, -0.05) is 51.8 Å². The van der Waals surface area contributed by atoms with Crippen LogP contribution in [0.3, 0.4) is 0 Å². The minimum atomic E-state index is 0.731. The molecule has 2 aromatic carbocycles. The molecule has 0 amide bonds. The number of halogens is 2. The lowest BCUT2D eigenvalue weighted by Crippen LogP contribution is -1.82.